The average molecular weight is 304 g/mol. The van der Waals surface area contributed by atoms with Gasteiger partial charge in [-0.25, -0.2) is 4.39 Å². The summed E-state index contributed by atoms with van der Waals surface area (Å²) in [4.78, 5) is 4.14. The van der Waals surface area contributed by atoms with Crippen LogP contribution in [0.5, 0.6) is 5.75 Å². The lowest BCUT2D eigenvalue weighted by Crippen LogP contribution is -2.35. The van der Waals surface area contributed by atoms with E-state index in [4.69, 9.17) is 15.2 Å². The highest BCUT2D eigenvalue weighted by Crippen LogP contribution is 2.27. The Labute approximate surface area is 129 Å². The van der Waals surface area contributed by atoms with E-state index in [0.717, 1.165) is 36.6 Å². The Morgan fingerprint density at radius 3 is 3.00 bits per heavy atom. The van der Waals surface area contributed by atoms with Gasteiger partial charge in [-0.2, -0.15) is 0 Å². The Balaban J connectivity index is 1.80. The molecule has 5 heteroatoms. The molecule has 2 atom stereocenters. The number of nitrogens with zero attached hydrogens (tertiary/aromatic N) is 1. The average Bonchev–Trinajstić information content (AvgIpc) is 2.54. The molecule has 0 bridgehead atoms. The van der Waals surface area contributed by atoms with Crippen molar-refractivity contribution in [3.63, 3.8) is 0 Å². The van der Waals surface area contributed by atoms with Gasteiger partial charge in [0.15, 0.2) is 5.82 Å². The number of benzene rings is 1. The molecule has 4 nitrogen and oxygen atoms in total. The van der Waals surface area contributed by atoms with Crippen molar-refractivity contribution in [2.75, 3.05) is 13.7 Å². The van der Waals surface area contributed by atoms with E-state index in [1.165, 1.54) is 13.2 Å². The number of nitrogens with two attached hydrogens (primary N) is 1. The topological polar surface area (TPSA) is 57.4 Å². The van der Waals surface area contributed by atoms with E-state index < -0.39 is 0 Å². The number of methoxy groups -OCH3 is 1. The van der Waals surface area contributed by atoms with Gasteiger partial charge in [0, 0.05) is 23.7 Å². The summed E-state index contributed by atoms with van der Waals surface area (Å²) < 4.78 is 25.0. The van der Waals surface area contributed by atoms with Crippen molar-refractivity contribution in [3.05, 3.63) is 35.8 Å². The summed E-state index contributed by atoms with van der Waals surface area (Å²) in [6.07, 6.45) is 5.62. The summed E-state index contributed by atoms with van der Waals surface area (Å²) in [5.74, 6) is 0.162. The molecule has 0 aliphatic carbocycles. The van der Waals surface area contributed by atoms with Gasteiger partial charge in [0.05, 0.1) is 19.8 Å². The largest absolute Gasteiger partial charge is 0.497 e. The lowest BCUT2D eigenvalue weighted by molar-refractivity contribution is 0.00116. The molecule has 1 aliphatic heterocycles. The molecule has 1 fully saturated rings. The first-order valence-corrected chi connectivity index (χ1v) is 7.65. The monoisotopic (exact) mass is 304 g/mol. The lowest BCUT2D eigenvalue weighted by atomic mass is 9.98. The normalized spacial score (nSPS) is 22.0. The Hall–Kier alpha value is -1.72. The predicted octanol–water partition coefficient (Wildman–Crippen LogP) is 2.82. The number of hydrogen-bond acceptors (Lipinski definition) is 4. The van der Waals surface area contributed by atoms with Crippen LogP contribution in [-0.2, 0) is 11.2 Å². The van der Waals surface area contributed by atoms with E-state index in [2.05, 4.69) is 4.98 Å². The highest BCUT2D eigenvalue weighted by Gasteiger charge is 2.19. The minimum Gasteiger partial charge on any atom is -0.497 e. The van der Waals surface area contributed by atoms with Crippen LogP contribution in [0.3, 0.4) is 0 Å². The quantitative estimate of drug-likeness (QED) is 0.943. The van der Waals surface area contributed by atoms with Gasteiger partial charge in [-0.3, -0.25) is 4.98 Å². The van der Waals surface area contributed by atoms with Gasteiger partial charge in [-0.05, 0) is 43.4 Å². The molecule has 2 aromatic rings. The van der Waals surface area contributed by atoms with E-state index in [9.17, 15) is 4.39 Å². The highest BCUT2D eigenvalue weighted by molar-refractivity contribution is 5.84. The number of hydrogen-bond donors (Lipinski definition) is 1. The minimum absolute atomic E-state index is 0.163. The van der Waals surface area contributed by atoms with Gasteiger partial charge < -0.3 is 15.2 Å². The van der Waals surface area contributed by atoms with E-state index in [1.54, 1.807) is 6.20 Å². The van der Waals surface area contributed by atoms with Crippen molar-refractivity contribution in [2.45, 2.75) is 37.8 Å². The van der Waals surface area contributed by atoms with Gasteiger partial charge in [0.1, 0.15) is 11.3 Å². The summed E-state index contributed by atoms with van der Waals surface area (Å²) >= 11 is 0. The first kappa shape index (κ1) is 15.2. The Kier molecular flexibility index (Phi) is 4.55. The van der Waals surface area contributed by atoms with Gasteiger partial charge in [0.25, 0.3) is 0 Å². The zero-order chi connectivity index (χ0) is 15.5. The molecule has 0 saturated carbocycles. The molecular weight excluding hydrogens is 283 g/mol. The van der Waals surface area contributed by atoms with Crippen LogP contribution in [0.25, 0.3) is 10.9 Å². The summed E-state index contributed by atoms with van der Waals surface area (Å²) in [7, 11) is 1.54. The third-order valence-electron chi connectivity index (χ3n) is 4.24. The van der Waals surface area contributed by atoms with Crippen LogP contribution in [0.15, 0.2) is 24.4 Å². The van der Waals surface area contributed by atoms with Crippen molar-refractivity contribution >= 4 is 10.9 Å². The second-order valence-corrected chi connectivity index (χ2v) is 5.81. The molecule has 2 heterocycles. The molecule has 0 spiro atoms. The molecule has 2 N–H and O–H groups in total. The van der Waals surface area contributed by atoms with Gasteiger partial charge in [0.2, 0.25) is 0 Å². The van der Waals surface area contributed by atoms with E-state index in [-0.39, 0.29) is 18.0 Å². The third kappa shape index (κ3) is 3.20. The standard InChI is InChI=1S/C17H21FN2O2/c1-21-14-8-15-11(6-7-20-17(15)16(18)9-14)2-4-13-5-3-12(19)10-22-13/h6-9,12-13H,2-5,10,19H2,1H3. The van der Waals surface area contributed by atoms with Crippen LogP contribution in [0.4, 0.5) is 4.39 Å². The van der Waals surface area contributed by atoms with E-state index >= 15 is 0 Å². The summed E-state index contributed by atoms with van der Waals surface area (Å²) in [5.41, 5.74) is 7.30. The minimum atomic E-state index is -0.351. The molecule has 1 saturated heterocycles. The second-order valence-electron chi connectivity index (χ2n) is 5.81. The van der Waals surface area contributed by atoms with Crippen molar-refractivity contribution in [1.82, 2.24) is 4.98 Å². The van der Waals surface area contributed by atoms with Crippen molar-refractivity contribution < 1.29 is 13.9 Å². The molecule has 3 rings (SSSR count). The molecule has 2 unspecified atom stereocenters. The summed E-state index contributed by atoms with van der Waals surface area (Å²) in [6, 6.07) is 5.31. The molecular formula is C17H21FN2O2. The first-order valence-electron chi connectivity index (χ1n) is 7.65. The van der Waals surface area contributed by atoms with E-state index in [1.807, 2.05) is 12.1 Å². The maximum absolute atomic E-state index is 14.1. The summed E-state index contributed by atoms with van der Waals surface area (Å²) in [5, 5.41) is 0.812. The predicted molar refractivity (Wildman–Crippen MR) is 83.5 cm³/mol. The number of pyridine rings is 1. The fraction of sp³-hybridized carbons (Fsp3) is 0.471. The number of aromatic nitrogens is 1. The molecule has 1 aliphatic rings. The van der Waals surface area contributed by atoms with Crippen molar-refractivity contribution in [2.24, 2.45) is 5.73 Å². The van der Waals surface area contributed by atoms with Crippen LogP contribution in [-0.4, -0.2) is 30.8 Å². The van der Waals surface area contributed by atoms with Crippen molar-refractivity contribution in [1.29, 1.82) is 0 Å². The van der Waals surface area contributed by atoms with Gasteiger partial charge >= 0.3 is 0 Å². The third-order valence-corrected chi connectivity index (χ3v) is 4.24. The molecule has 0 amide bonds. The van der Waals surface area contributed by atoms with Crippen LogP contribution in [0, 0.1) is 5.82 Å². The highest BCUT2D eigenvalue weighted by atomic mass is 19.1. The Morgan fingerprint density at radius 1 is 1.41 bits per heavy atom. The van der Waals surface area contributed by atoms with Crippen LogP contribution in [0.2, 0.25) is 0 Å². The van der Waals surface area contributed by atoms with E-state index in [0.29, 0.717) is 17.9 Å². The maximum atomic E-state index is 14.1. The first-order chi connectivity index (χ1) is 10.7. The summed E-state index contributed by atoms with van der Waals surface area (Å²) in [6.45, 7) is 0.629. The van der Waals surface area contributed by atoms with Crippen LogP contribution in [0.1, 0.15) is 24.8 Å². The SMILES string of the molecule is COc1cc(F)c2nccc(CCC3CCC(N)CO3)c2c1. The molecule has 0 radical (unpaired) electrons. The fourth-order valence-electron chi connectivity index (χ4n) is 2.95. The molecule has 1 aromatic carbocycles. The second kappa shape index (κ2) is 6.58. The lowest BCUT2D eigenvalue weighted by Gasteiger charge is -2.26. The number of rotatable bonds is 4. The zero-order valence-electron chi connectivity index (χ0n) is 12.7. The van der Waals surface area contributed by atoms with Crippen molar-refractivity contribution in [3.8, 4) is 5.75 Å². The number of halogens is 1. The zero-order valence-corrected chi connectivity index (χ0v) is 12.7. The number of fused-ring (bicyclic) bond motifs is 1. The Bertz CT molecular complexity index is 654. The van der Waals surface area contributed by atoms with Crippen LogP contribution < -0.4 is 10.5 Å². The number of aryl methyl sites for hydroxylation is 1. The molecule has 22 heavy (non-hydrogen) atoms. The fourth-order valence-corrected chi connectivity index (χ4v) is 2.95. The van der Waals surface area contributed by atoms with Gasteiger partial charge in [-0.15, -0.1) is 0 Å². The smallest absolute Gasteiger partial charge is 0.153 e. The molecule has 1 aromatic heterocycles. The maximum Gasteiger partial charge on any atom is 0.153 e. The molecule has 118 valence electrons. The Morgan fingerprint density at radius 2 is 2.27 bits per heavy atom. The van der Waals surface area contributed by atoms with Crippen LogP contribution >= 0.6 is 0 Å². The number of ether oxygens (including phenoxy) is 2. The van der Waals surface area contributed by atoms with Gasteiger partial charge in [-0.1, -0.05) is 0 Å².